The van der Waals surface area contributed by atoms with Gasteiger partial charge in [-0.25, -0.2) is 0 Å². The van der Waals surface area contributed by atoms with Gasteiger partial charge in [-0.05, 0) is 37.5 Å². The lowest BCUT2D eigenvalue weighted by atomic mass is 10.0. The van der Waals surface area contributed by atoms with Crippen molar-refractivity contribution < 1.29 is 9.47 Å². The summed E-state index contributed by atoms with van der Waals surface area (Å²) in [6.07, 6.45) is 0.812. The molecular weight excluding hydrogens is 270 g/mol. The third-order valence-corrected chi connectivity index (χ3v) is 3.22. The SMILES string of the molecule is COc1cc(Br)c(CC(C)N)c(C)c1OC. The van der Waals surface area contributed by atoms with Crippen LogP contribution in [0.1, 0.15) is 18.1 Å². The molecule has 0 fully saturated rings. The Morgan fingerprint density at radius 2 is 2.00 bits per heavy atom. The van der Waals surface area contributed by atoms with Crippen molar-refractivity contribution in [2.75, 3.05) is 14.2 Å². The van der Waals surface area contributed by atoms with Gasteiger partial charge >= 0.3 is 0 Å². The molecule has 0 aliphatic carbocycles. The van der Waals surface area contributed by atoms with Crippen LogP contribution in [0, 0.1) is 6.92 Å². The molecule has 0 heterocycles. The first-order chi connectivity index (χ1) is 7.51. The van der Waals surface area contributed by atoms with Crippen molar-refractivity contribution in [1.82, 2.24) is 0 Å². The number of methoxy groups -OCH3 is 2. The van der Waals surface area contributed by atoms with Crippen molar-refractivity contribution in [3.05, 3.63) is 21.7 Å². The van der Waals surface area contributed by atoms with Crippen molar-refractivity contribution in [3.63, 3.8) is 0 Å². The lowest BCUT2D eigenvalue weighted by molar-refractivity contribution is 0.352. The Balaban J connectivity index is 3.29. The lowest BCUT2D eigenvalue weighted by Gasteiger charge is -2.17. The molecule has 4 heteroatoms. The zero-order valence-electron chi connectivity index (χ0n) is 10.1. The predicted octanol–water partition coefficient (Wildman–Crippen LogP) is 2.66. The zero-order chi connectivity index (χ0) is 12.3. The first kappa shape index (κ1) is 13.3. The first-order valence-electron chi connectivity index (χ1n) is 5.16. The van der Waals surface area contributed by atoms with Crippen LogP contribution in [-0.4, -0.2) is 20.3 Å². The fourth-order valence-corrected chi connectivity index (χ4v) is 2.41. The largest absolute Gasteiger partial charge is 0.493 e. The molecule has 0 aliphatic rings. The Hall–Kier alpha value is -0.740. The molecule has 0 amide bonds. The quantitative estimate of drug-likeness (QED) is 0.926. The Bertz CT molecular complexity index is 378. The predicted molar refractivity (Wildman–Crippen MR) is 69.3 cm³/mol. The van der Waals surface area contributed by atoms with E-state index in [9.17, 15) is 0 Å². The number of ether oxygens (including phenoxy) is 2. The number of hydrogen-bond acceptors (Lipinski definition) is 3. The normalized spacial score (nSPS) is 12.4. The van der Waals surface area contributed by atoms with E-state index in [4.69, 9.17) is 15.2 Å². The summed E-state index contributed by atoms with van der Waals surface area (Å²) < 4.78 is 11.6. The molecule has 2 N–H and O–H groups in total. The highest BCUT2D eigenvalue weighted by Crippen LogP contribution is 2.38. The summed E-state index contributed by atoms with van der Waals surface area (Å²) >= 11 is 3.54. The van der Waals surface area contributed by atoms with Crippen LogP contribution in [0.15, 0.2) is 10.5 Å². The third kappa shape index (κ3) is 2.68. The standard InChI is InChI=1S/C12H18BrNO2/c1-7(14)5-9-8(2)12(16-4)11(15-3)6-10(9)13/h6-7H,5,14H2,1-4H3. The Morgan fingerprint density at radius 3 is 2.44 bits per heavy atom. The van der Waals surface area contributed by atoms with Gasteiger partial charge in [-0.3, -0.25) is 0 Å². The van der Waals surface area contributed by atoms with Crippen LogP contribution in [0.2, 0.25) is 0 Å². The first-order valence-corrected chi connectivity index (χ1v) is 5.96. The molecular formula is C12H18BrNO2. The maximum absolute atomic E-state index is 5.83. The smallest absolute Gasteiger partial charge is 0.163 e. The Labute approximate surface area is 105 Å². The minimum Gasteiger partial charge on any atom is -0.493 e. The molecule has 0 aromatic heterocycles. The molecule has 0 saturated heterocycles. The maximum Gasteiger partial charge on any atom is 0.163 e. The van der Waals surface area contributed by atoms with Gasteiger partial charge in [0.05, 0.1) is 14.2 Å². The molecule has 0 bridgehead atoms. The zero-order valence-corrected chi connectivity index (χ0v) is 11.7. The summed E-state index contributed by atoms with van der Waals surface area (Å²) in [6, 6.07) is 2.04. The van der Waals surface area contributed by atoms with Crippen LogP contribution in [-0.2, 0) is 6.42 Å². The van der Waals surface area contributed by atoms with Gasteiger partial charge in [0.25, 0.3) is 0 Å². The second-order valence-corrected chi connectivity index (χ2v) is 4.73. The van der Waals surface area contributed by atoms with Crippen molar-refractivity contribution in [2.24, 2.45) is 5.73 Å². The number of hydrogen-bond donors (Lipinski definition) is 1. The molecule has 1 rings (SSSR count). The van der Waals surface area contributed by atoms with Gasteiger partial charge in [-0.2, -0.15) is 0 Å². The average Bonchev–Trinajstić information content (AvgIpc) is 2.23. The second-order valence-electron chi connectivity index (χ2n) is 3.88. The third-order valence-electron chi connectivity index (χ3n) is 2.51. The van der Waals surface area contributed by atoms with E-state index in [1.165, 1.54) is 5.56 Å². The summed E-state index contributed by atoms with van der Waals surface area (Å²) in [5.74, 6) is 1.52. The van der Waals surface area contributed by atoms with Crippen molar-refractivity contribution >= 4 is 15.9 Å². The van der Waals surface area contributed by atoms with Gasteiger partial charge in [-0.15, -0.1) is 0 Å². The van der Waals surface area contributed by atoms with E-state index in [1.807, 2.05) is 19.9 Å². The van der Waals surface area contributed by atoms with E-state index in [2.05, 4.69) is 15.9 Å². The van der Waals surface area contributed by atoms with Crippen molar-refractivity contribution in [2.45, 2.75) is 26.3 Å². The van der Waals surface area contributed by atoms with E-state index < -0.39 is 0 Å². The minimum atomic E-state index is 0.119. The number of rotatable bonds is 4. The van der Waals surface area contributed by atoms with Crippen LogP contribution >= 0.6 is 15.9 Å². The number of benzene rings is 1. The average molecular weight is 288 g/mol. The fourth-order valence-electron chi connectivity index (χ4n) is 1.75. The monoisotopic (exact) mass is 287 g/mol. The van der Waals surface area contributed by atoms with E-state index in [-0.39, 0.29) is 6.04 Å². The molecule has 0 radical (unpaired) electrons. The van der Waals surface area contributed by atoms with E-state index in [1.54, 1.807) is 14.2 Å². The fraction of sp³-hybridized carbons (Fsp3) is 0.500. The van der Waals surface area contributed by atoms with Crippen LogP contribution < -0.4 is 15.2 Å². The summed E-state index contributed by atoms with van der Waals surface area (Å²) in [5, 5.41) is 0. The molecule has 1 aromatic carbocycles. The molecule has 16 heavy (non-hydrogen) atoms. The maximum atomic E-state index is 5.83. The lowest BCUT2D eigenvalue weighted by Crippen LogP contribution is -2.19. The second kappa shape index (κ2) is 5.55. The molecule has 0 aliphatic heterocycles. The summed E-state index contributed by atoms with van der Waals surface area (Å²) in [5.41, 5.74) is 8.08. The van der Waals surface area contributed by atoms with Gasteiger partial charge in [0, 0.05) is 10.5 Å². The topological polar surface area (TPSA) is 44.5 Å². The van der Waals surface area contributed by atoms with Gasteiger partial charge in [0.2, 0.25) is 0 Å². The summed E-state index contributed by atoms with van der Waals surface area (Å²) in [6.45, 7) is 4.01. The molecule has 90 valence electrons. The van der Waals surface area contributed by atoms with E-state index in [0.29, 0.717) is 0 Å². The van der Waals surface area contributed by atoms with E-state index >= 15 is 0 Å². The Morgan fingerprint density at radius 1 is 1.38 bits per heavy atom. The van der Waals surface area contributed by atoms with Crippen LogP contribution in [0.25, 0.3) is 0 Å². The van der Waals surface area contributed by atoms with Crippen molar-refractivity contribution in [1.29, 1.82) is 0 Å². The van der Waals surface area contributed by atoms with Gasteiger partial charge in [-0.1, -0.05) is 15.9 Å². The summed E-state index contributed by atoms with van der Waals surface area (Å²) in [7, 11) is 3.28. The van der Waals surface area contributed by atoms with Crippen LogP contribution in [0.4, 0.5) is 0 Å². The minimum absolute atomic E-state index is 0.119. The molecule has 1 unspecified atom stereocenters. The molecule has 1 aromatic rings. The molecule has 1 atom stereocenters. The highest BCUT2D eigenvalue weighted by molar-refractivity contribution is 9.10. The van der Waals surface area contributed by atoms with Gasteiger partial charge in [0.15, 0.2) is 11.5 Å². The van der Waals surface area contributed by atoms with Crippen LogP contribution in [0.3, 0.4) is 0 Å². The molecule has 3 nitrogen and oxygen atoms in total. The van der Waals surface area contributed by atoms with Gasteiger partial charge < -0.3 is 15.2 Å². The van der Waals surface area contributed by atoms with Crippen molar-refractivity contribution in [3.8, 4) is 11.5 Å². The van der Waals surface area contributed by atoms with Crippen LogP contribution in [0.5, 0.6) is 11.5 Å². The molecule has 0 spiro atoms. The highest BCUT2D eigenvalue weighted by Gasteiger charge is 2.15. The number of nitrogens with two attached hydrogens (primary N) is 1. The number of halogens is 1. The van der Waals surface area contributed by atoms with E-state index in [0.717, 1.165) is 28.0 Å². The molecule has 0 saturated carbocycles. The van der Waals surface area contributed by atoms with Gasteiger partial charge in [0.1, 0.15) is 0 Å². The highest BCUT2D eigenvalue weighted by atomic mass is 79.9. The summed E-state index contributed by atoms with van der Waals surface area (Å²) in [4.78, 5) is 0. The Kier molecular flexibility index (Phi) is 4.62.